The summed E-state index contributed by atoms with van der Waals surface area (Å²) in [5.41, 5.74) is -1.53. The molecule has 0 unspecified atom stereocenters. The number of ketones is 2. The molecule has 2 radical (unpaired) electrons. The third-order valence-corrected chi connectivity index (χ3v) is 12.2. The Morgan fingerprint density at radius 3 is 2.24 bits per heavy atom. The second-order valence-electron chi connectivity index (χ2n) is 15.0. The van der Waals surface area contributed by atoms with Crippen LogP contribution >= 0.6 is 0 Å². The van der Waals surface area contributed by atoms with E-state index < -0.39 is 16.4 Å². The van der Waals surface area contributed by atoms with E-state index in [-0.39, 0.29) is 51.3 Å². The minimum atomic E-state index is -0.617. The number of nitrogens with zero attached hydrogens (tertiary/aromatic N) is 1. The number of nitrogens with one attached hydrogen (secondary N) is 1. The van der Waals surface area contributed by atoms with Crippen LogP contribution in [-0.2, 0) is 14.4 Å². The fourth-order valence-electron chi connectivity index (χ4n) is 10.1. The molecule has 0 aromatic carbocycles. The summed E-state index contributed by atoms with van der Waals surface area (Å²) < 4.78 is 0. The van der Waals surface area contributed by atoms with Gasteiger partial charge in [-0.15, -0.1) is 0 Å². The molecular weight excluding hydrogens is 460 g/mol. The Labute approximate surface area is 223 Å². The molecule has 0 aromatic heterocycles. The molecule has 37 heavy (non-hydrogen) atoms. The first-order valence-corrected chi connectivity index (χ1v) is 14.2. The number of amides is 1. The summed E-state index contributed by atoms with van der Waals surface area (Å²) in [6, 6.07) is 0. The van der Waals surface area contributed by atoms with Gasteiger partial charge in [0.1, 0.15) is 5.78 Å². The van der Waals surface area contributed by atoms with Crippen molar-refractivity contribution in [2.24, 2.45) is 38.9 Å². The summed E-state index contributed by atoms with van der Waals surface area (Å²) in [7, 11) is 0. The van der Waals surface area contributed by atoms with Crippen LogP contribution in [0.5, 0.6) is 0 Å². The summed E-state index contributed by atoms with van der Waals surface area (Å²) in [5.74, 6) is 2.52. The van der Waals surface area contributed by atoms with Gasteiger partial charge in [-0.1, -0.05) is 54.5 Å². The van der Waals surface area contributed by atoms with Crippen LogP contribution in [0.2, 0.25) is 0 Å². The lowest BCUT2D eigenvalue weighted by Crippen LogP contribution is -2.70. The summed E-state index contributed by atoms with van der Waals surface area (Å²) in [4.78, 5) is 43.7. The average Bonchev–Trinajstić information content (AvgIpc) is 2.78. The van der Waals surface area contributed by atoms with Crippen molar-refractivity contribution in [3.63, 3.8) is 0 Å². The molecule has 5 heteroatoms. The van der Waals surface area contributed by atoms with Crippen molar-refractivity contribution >= 4 is 17.5 Å². The van der Waals surface area contributed by atoms with Crippen LogP contribution in [0.3, 0.4) is 0 Å². The van der Waals surface area contributed by atoms with Crippen LogP contribution in [-0.4, -0.2) is 23.0 Å². The highest BCUT2D eigenvalue weighted by Gasteiger charge is 2.72. The number of rotatable bonds is 1. The van der Waals surface area contributed by atoms with E-state index in [1.165, 1.54) is 5.92 Å². The topological polar surface area (TPSA) is 67.6 Å². The number of hydrogen-bond donors (Lipinski definition) is 1. The Morgan fingerprint density at radius 2 is 1.62 bits per heavy atom. The molecule has 0 spiro atoms. The summed E-state index contributed by atoms with van der Waals surface area (Å²) >= 11 is 0. The Kier molecular flexibility index (Phi) is 5.61. The predicted octanol–water partition coefficient (Wildman–Crippen LogP) is 6.44. The van der Waals surface area contributed by atoms with E-state index in [4.69, 9.17) is 6.57 Å². The number of hydrogen-bond acceptors (Lipinski definition) is 3. The normalized spacial score (nSPS) is 44.9. The van der Waals surface area contributed by atoms with Crippen LogP contribution in [0.1, 0.15) is 107 Å². The molecule has 0 saturated heterocycles. The largest absolute Gasteiger partial charge is 0.350 e. The SMILES string of the molecule is [C-]#[N+]C1=C[C@]2(C)[C@H]3CC(=O)[C]4[C]5CC(C)(C)CC[C@]5(NC(C)=O)CC[C@@]4(C)[C@]3(C)CC[C@H]2C(C)(C)C1=O. The summed E-state index contributed by atoms with van der Waals surface area (Å²) in [6.45, 7) is 24.9. The van der Waals surface area contributed by atoms with Crippen molar-refractivity contribution in [1.82, 2.24) is 5.32 Å². The van der Waals surface area contributed by atoms with Gasteiger partial charge in [-0.2, -0.15) is 0 Å². The number of fused-ring (bicyclic) bond motifs is 7. The fraction of sp³-hybridized carbons (Fsp3) is 0.750. The highest BCUT2D eigenvalue weighted by Crippen LogP contribution is 2.75. The summed E-state index contributed by atoms with van der Waals surface area (Å²) in [5, 5.41) is 3.34. The van der Waals surface area contributed by atoms with Crippen LogP contribution in [0.15, 0.2) is 11.8 Å². The van der Waals surface area contributed by atoms with Gasteiger partial charge in [-0.05, 0) is 78.4 Å². The average molecular weight is 505 g/mol. The first kappa shape index (κ1) is 26.6. The van der Waals surface area contributed by atoms with Gasteiger partial charge >= 0.3 is 0 Å². The van der Waals surface area contributed by atoms with Crippen molar-refractivity contribution in [3.8, 4) is 0 Å². The standard InChI is InChI=1S/C32H44N2O3/c1-19(35)34-32-14-12-27(2,3)17-20(32)25-22(36)16-24-29(6)18-21(33-9)26(37)28(4,5)23(29)10-11-30(24,7)31(25,8)13-15-32/h18,23-24H,10-17H2,1-8H3,(H,34,35)/t23-,24+,29-,30+,31+,32-/m0/s1. The maximum atomic E-state index is 14.4. The second-order valence-corrected chi connectivity index (χ2v) is 15.0. The zero-order valence-electron chi connectivity index (χ0n) is 24.1. The second kappa shape index (κ2) is 7.80. The Balaban J connectivity index is 1.63. The maximum absolute atomic E-state index is 14.4. The van der Waals surface area contributed by atoms with Crippen molar-refractivity contribution < 1.29 is 14.4 Å². The summed E-state index contributed by atoms with van der Waals surface area (Å²) in [6.07, 6.45) is 8.77. The van der Waals surface area contributed by atoms with Gasteiger partial charge < -0.3 is 10.1 Å². The molecule has 0 bridgehead atoms. The molecule has 0 aromatic rings. The van der Waals surface area contributed by atoms with Gasteiger partial charge in [0.2, 0.25) is 11.6 Å². The van der Waals surface area contributed by atoms with Crippen LogP contribution in [0, 0.1) is 57.3 Å². The highest BCUT2D eigenvalue weighted by atomic mass is 16.1. The first-order chi connectivity index (χ1) is 17.0. The lowest BCUT2D eigenvalue weighted by Gasteiger charge is -2.71. The third-order valence-electron chi connectivity index (χ3n) is 12.2. The lowest BCUT2D eigenvalue weighted by atomic mass is 9.32. The number of Topliss-reactive ketones (excluding diaryl/α,β-unsaturated/α-hetero) is 2. The molecule has 200 valence electrons. The van der Waals surface area contributed by atoms with Crippen molar-refractivity contribution in [3.05, 3.63) is 35.0 Å². The Bertz CT molecular complexity index is 1140. The smallest absolute Gasteiger partial charge is 0.226 e. The van der Waals surface area contributed by atoms with Gasteiger partial charge in [0.05, 0.1) is 12.5 Å². The van der Waals surface area contributed by atoms with E-state index >= 15 is 0 Å². The number of allylic oxidation sites excluding steroid dienone is 2. The molecule has 4 saturated carbocycles. The maximum Gasteiger partial charge on any atom is 0.226 e. The van der Waals surface area contributed by atoms with E-state index in [9.17, 15) is 14.4 Å². The molecule has 0 aliphatic heterocycles. The van der Waals surface area contributed by atoms with Gasteiger partial charge in [0.25, 0.3) is 0 Å². The molecule has 6 atom stereocenters. The molecule has 5 aliphatic carbocycles. The molecule has 1 amide bonds. The van der Waals surface area contributed by atoms with Crippen LogP contribution < -0.4 is 5.32 Å². The van der Waals surface area contributed by atoms with Gasteiger partial charge in [0, 0.05) is 30.2 Å². The van der Waals surface area contributed by atoms with Crippen LogP contribution in [0.25, 0.3) is 4.85 Å². The number of carbonyl (C=O) groups is 3. The van der Waals surface area contributed by atoms with E-state index in [2.05, 4.69) is 44.8 Å². The van der Waals surface area contributed by atoms with Gasteiger partial charge in [0.15, 0.2) is 5.78 Å². The molecule has 5 aliphatic rings. The fourth-order valence-corrected chi connectivity index (χ4v) is 10.1. The van der Waals surface area contributed by atoms with Crippen LogP contribution in [0.4, 0.5) is 0 Å². The van der Waals surface area contributed by atoms with E-state index in [1.54, 1.807) is 6.92 Å². The quantitative estimate of drug-likeness (QED) is 0.418. The minimum absolute atomic E-state index is 0.0207. The van der Waals surface area contributed by atoms with Crippen molar-refractivity contribution in [2.45, 2.75) is 112 Å². The Morgan fingerprint density at radius 1 is 0.973 bits per heavy atom. The van der Waals surface area contributed by atoms with Gasteiger partial charge in [-0.25, -0.2) is 4.85 Å². The Hall–Kier alpha value is -1.96. The monoisotopic (exact) mass is 504 g/mol. The first-order valence-electron chi connectivity index (χ1n) is 14.2. The predicted molar refractivity (Wildman–Crippen MR) is 144 cm³/mol. The van der Waals surface area contributed by atoms with Gasteiger partial charge in [-0.3, -0.25) is 9.59 Å². The van der Waals surface area contributed by atoms with Crippen molar-refractivity contribution in [2.75, 3.05) is 0 Å². The third kappa shape index (κ3) is 3.36. The van der Waals surface area contributed by atoms with E-state index in [0.29, 0.717) is 6.42 Å². The van der Waals surface area contributed by atoms with E-state index in [1.807, 2.05) is 19.9 Å². The van der Waals surface area contributed by atoms with Crippen molar-refractivity contribution in [1.29, 1.82) is 0 Å². The molecule has 0 heterocycles. The molecule has 5 nitrogen and oxygen atoms in total. The molecule has 1 N–H and O–H groups in total. The van der Waals surface area contributed by atoms with E-state index in [0.717, 1.165) is 50.9 Å². The molecule has 5 rings (SSSR count). The molecule has 4 fully saturated rings. The zero-order valence-corrected chi connectivity index (χ0v) is 24.1. The lowest BCUT2D eigenvalue weighted by molar-refractivity contribution is -0.173. The highest BCUT2D eigenvalue weighted by molar-refractivity contribution is 6.03. The molecular formula is C32H44N2O3. The number of carbonyl (C=O) groups excluding carboxylic acids is 3. The zero-order chi connectivity index (χ0) is 27.4. The minimum Gasteiger partial charge on any atom is -0.350 e.